The van der Waals surface area contributed by atoms with E-state index in [9.17, 15) is 13.2 Å². The molecule has 0 unspecified atom stereocenters. The van der Waals surface area contributed by atoms with Gasteiger partial charge in [0.2, 0.25) is 0 Å². The third-order valence-corrected chi connectivity index (χ3v) is 4.25. The SMILES string of the molecule is CCOCN(C)S(=O)(=O)OC(=O)CO.CCc1cccc(C)c1N. The van der Waals surface area contributed by atoms with Crippen LogP contribution < -0.4 is 5.73 Å². The maximum atomic E-state index is 11.1. The lowest BCUT2D eigenvalue weighted by Gasteiger charge is -2.14. The Labute approximate surface area is 143 Å². The lowest BCUT2D eigenvalue weighted by Crippen LogP contribution is -2.33. The van der Waals surface area contributed by atoms with Crippen LogP contribution in [0.2, 0.25) is 0 Å². The number of aliphatic hydroxyl groups excluding tert-OH is 1. The molecule has 1 rings (SSSR count). The van der Waals surface area contributed by atoms with Crippen molar-refractivity contribution in [3.63, 3.8) is 0 Å². The van der Waals surface area contributed by atoms with Gasteiger partial charge in [0.05, 0.1) is 0 Å². The maximum absolute atomic E-state index is 11.1. The third kappa shape index (κ3) is 7.73. The number of ether oxygens (including phenoxy) is 1. The van der Waals surface area contributed by atoms with E-state index >= 15 is 0 Å². The Hall–Kier alpha value is -1.68. The molecule has 9 heteroatoms. The van der Waals surface area contributed by atoms with Gasteiger partial charge in [-0.15, -0.1) is 4.31 Å². The van der Waals surface area contributed by atoms with Crippen LogP contribution in [0.25, 0.3) is 0 Å². The van der Waals surface area contributed by atoms with Crippen molar-refractivity contribution in [3.05, 3.63) is 29.3 Å². The van der Waals surface area contributed by atoms with Crippen molar-refractivity contribution in [1.29, 1.82) is 0 Å². The molecule has 0 heterocycles. The Morgan fingerprint density at radius 2 is 1.96 bits per heavy atom. The van der Waals surface area contributed by atoms with E-state index in [-0.39, 0.29) is 6.73 Å². The van der Waals surface area contributed by atoms with Crippen LogP contribution in [0, 0.1) is 6.92 Å². The van der Waals surface area contributed by atoms with E-state index in [0.717, 1.165) is 12.1 Å². The first-order valence-corrected chi connectivity index (χ1v) is 8.77. The van der Waals surface area contributed by atoms with Gasteiger partial charge in [-0.05, 0) is 31.4 Å². The Morgan fingerprint density at radius 3 is 2.42 bits per heavy atom. The number of nitrogens with two attached hydrogens (primary N) is 1. The summed E-state index contributed by atoms with van der Waals surface area (Å²) in [4.78, 5) is 10.5. The number of aliphatic hydroxyl groups is 1. The minimum atomic E-state index is -4.15. The summed E-state index contributed by atoms with van der Waals surface area (Å²) >= 11 is 0. The summed E-state index contributed by atoms with van der Waals surface area (Å²) in [5.41, 5.74) is 9.17. The molecular weight excluding hydrogens is 336 g/mol. The van der Waals surface area contributed by atoms with E-state index < -0.39 is 22.9 Å². The molecular formula is C15H26N2O6S. The minimum absolute atomic E-state index is 0.211. The molecule has 0 radical (unpaired) electrons. The highest BCUT2D eigenvalue weighted by Gasteiger charge is 2.22. The van der Waals surface area contributed by atoms with Gasteiger partial charge in [0.1, 0.15) is 13.3 Å². The number of rotatable bonds is 7. The van der Waals surface area contributed by atoms with Crippen LogP contribution in [0.5, 0.6) is 0 Å². The predicted octanol–water partition coefficient (Wildman–Crippen LogP) is 0.832. The second-order valence-corrected chi connectivity index (χ2v) is 6.44. The monoisotopic (exact) mass is 362 g/mol. The number of carbonyl (C=O) groups excluding carboxylic acids is 1. The Morgan fingerprint density at radius 1 is 1.33 bits per heavy atom. The molecule has 0 fully saturated rings. The summed E-state index contributed by atoms with van der Waals surface area (Å²) in [5, 5.41) is 8.27. The van der Waals surface area contributed by atoms with Gasteiger partial charge < -0.3 is 19.8 Å². The van der Waals surface area contributed by atoms with E-state index in [2.05, 4.69) is 17.2 Å². The van der Waals surface area contributed by atoms with Gasteiger partial charge in [0, 0.05) is 19.3 Å². The number of nitrogens with zero attached hydrogens (tertiary/aromatic N) is 1. The predicted molar refractivity (Wildman–Crippen MR) is 91.3 cm³/mol. The van der Waals surface area contributed by atoms with Gasteiger partial charge in [0.25, 0.3) is 0 Å². The van der Waals surface area contributed by atoms with Gasteiger partial charge in [-0.3, -0.25) is 0 Å². The topological polar surface area (TPSA) is 119 Å². The fourth-order valence-corrected chi connectivity index (χ4v) is 2.16. The first kappa shape index (κ1) is 22.3. The summed E-state index contributed by atoms with van der Waals surface area (Å²) in [6.45, 7) is 4.99. The quantitative estimate of drug-likeness (QED) is 0.544. The van der Waals surface area contributed by atoms with Crippen molar-refractivity contribution in [1.82, 2.24) is 4.31 Å². The lowest BCUT2D eigenvalue weighted by atomic mass is 10.1. The number of benzene rings is 1. The molecule has 0 aliphatic heterocycles. The Bertz CT molecular complexity index is 618. The zero-order valence-corrected chi connectivity index (χ0v) is 15.3. The van der Waals surface area contributed by atoms with Crippen LogP contribution in [0.4, 0.5) is 5.69 Å². The molecule has 0 aliphatic carbocycles. The van der Waals surface area contributed by atoms with E-state index in [1.807, 2.05) is 19.1 Å². The number of hydrogen-bond donors (Lipinski definition) is 2. The molecule has 138 valence electrons. The molecule has 24 heavy (non-hydrogen) atoms. The lowest BCUT2D eigenvalue weighted by molar-refractivity contribution is -0.137. The fraction of sp³-hybridized carbons (Fsp3) is 0.533. The van der Waals surface area contributed by atoms with Crippen molar-refractivity contribution in [3.8, 4) is 0 Å². The van der Waals surface area contributed by atoms with Crippen LogP contribution in [0.3, 0.4) is 0 Å². The van der Waals surface area contributed by atoms with Crippen LogP contribution in [-0.2, 0) is 30.4 Å². The molecule has 0 amide bonds. The van der Waals surface area contributed by atoms with Gasteiger partial charge in [-0.25, -0.2) is 4.79 Å². The molecule has 1 aromatic carbocycles. The molecule has 1 aromatic rings. The first-order chi connectivity index (χ1) is 11.2. The summed E-state index contributed by atoms with van der Waals surface area (Å²) in [6, 6.07) is 6.15. The zero-order valence-electron chi connectivity index (χ0n) is 14.5. The minimum Gasteiger partial charge on any atom is -0.398 e. The summed E-state index contributed by atoms with van der Waals surface area (Å²) in [6.07, 6.45) is 1.02. The van der Waals surface area contributed by atoms with E-state index in [1.54, 1.807) is 6.92 Å². The molecule has 0 saturated heterocycles. The summed E-state index contributed by atoms with van der Waals surface area (Å²) < 4.78 is 31.7. The number of nitrogen functional groups attached to an aromatic ring is 1. The molecule has 0 aromatic heterocycles. The van der Waals surface area contributed by atoms with Crippen molar-refractivity contribution in [2.24, 2.45) is 0 Å². The second-order valence-electron chi connectivity index (χ2n) is 4.79. The van der Waals surface area contributed by atoms with Crippen LogP contribution in [0.15, 0.2) is 18.2 Å². The average molecular weight is 362 g/mol. The number of aryl methyl sites for hydroxylation is 2. The van der Waals surface area contributed by atoms with E-state index in [0.29, 0.717) is 10.9 Å². The number of anilines is 1. The van der Waals surface area contributed by atoms with E-state index in [1.165, 1.54) is 18.2 Å². The largest absolute Gasteiger partial charge is 0.398 e. The fourth-order valence-electron chi connectivity index (χ4n) is 1.54. The highest BCUT2D eigenvalue weighted by atomic mass is 32.2. The number of para-hydroxylation sites is 1. The second kappa shape index (κ2) is 11.0. The van der Waals surface area contributed by atoms with E-state index in [4.69, 9.17) is 15.6 Å². The van der Waals surface area contributed by atoms with Crippen molar-refractivity contribution >= 4 is 22.0 Å². The van der Waals surface area contributed by atoms with Crippen molar-refractivity contribution in [2.75, 3.05) is 32.7 Å². The smallest absolute Gasteiger partial charge is 0.389 e. The van der Waals surface area contributed by atoms with Gasteiger partial charge in [-0.2, -0.15) is 8.42 Å². The molecule has 0 spiro atoms. The normalized spacial score (nSPS) is 10.9. The third-order valence-electron chi connectivity index (χ3n) is 2.98. The van der Waals surface area contributed by atoms with Gasteiger partial charge >= 0.3 is 16.3 Å². The molecule has 0 bridgehead atoms. The standard InChI is InChI=1S/C9H13N.C6H13NO6S/c1-3-8-6-4-5-7(2)9(8)10;1-3-12-5-7(2)14(10,11)13-6(9)4-8/h4-6H,3,10H2,1-2H3;8H,3-5H2,1-2H3. The maximum Gasteiger partial charge on any atom is 0.389 e. The summed E-state index contributed by atoms with van der Waals surface area (Å²) in [5.74, 6) is -1.23. The average Bonchev–Trinajstić information content (AvgIpc) is 2.55. The highest BCUT2D eigenvalue weighted by Crippen LogP contribution is 2.16. The number of carbonyl (C=O) groups is 1. The molecule has 0 aliphatic rings. The van der Waals surface area contributed by atoms with Crippen LogP contribution in [0.1, 0.15) is 25.0 Å². The molecule has 0 saturated carbocycles. The van der Waals surface area contributed by atoms with Gasteiger partial charge in [-0.1, -0.05) is 25.1 Å². The highest BCUT2D eigenvalue weighted by molar-refractivity contribution is 7.84. The zero-order chi connectivity index (χ0) is 18.8. The number of hydrogen-bond acceptors (Lipinski definition) is 7. The van der Waals surface area contributed by atoms with Crippen molar-refractivity contribution < 1.29 is 27.2 Å². The van der Waals surface area contributed by atoms with Gasteiger partial charge in [0.15, 0.2) is 0 Å². The molecule has 0 atom stereocenters. The Balaban J connectivity index is 0.000000463. The van der Waals surface area contributed by atoms with Crippen LogP contribution in [-0.4, -0.2) is 50.8 Å². The summed E-state index contributed by atoms with van der Waals surface area (Å²) in [7, 11) is -2.95. The first-order valence-electron chi connectivity index (χ1n) is 7.40. The Kier molecular flexibility index (Phi) is 10.2. The van der Waals surface area contributed by atoms with Crippen molar-refractivity contribution in [2.45, 2.75) is 27.2 Å². The molecule has 3 N–H and O–H groups in total. The molecule has 8 nitrogen and oxygen atoms in total. The van der Waals surface area contributed by atoms with Crippen LogP contribution >= 0.6 is 0 Å².